The standard InChI is InChI=1S/C16H33/c1-5-7-8-9-10-12-16(4)14-13-15(3)11-6-2/h15-16H,1,5-14H2,2-4H3. The molecule has 2 unspecified atom stereocenters. The van der Waals surface area contributed by atoms with Gasteiger partial charge >= 0.3 is 0 Å². The van der Waals surface area contributed by atoms with E-state index >= 15 is 0 Å². The lowest BCUT2D eigenvalue weighted by atomic mass is 9.92. The zero-order valence-electron chi connectivity index (χ0n) is 11.9. The lowest BCUT2D eigenvalue weighted by Gasteiger charge is -2.14. The molecule has 0 aromatic heterocycles. The Bertz CT molecular complexity index is 128. The predicted octanol–water partition coefficient (Wildman–Crippen LogP) is 6.01. The molecule has 0 heterocycles. The SMILES string of the molecule is [CH2]CCCCCCC(C)CCC(C)CCC. The van der Waals surface area contributed by atoms with Crippen molar-refractivity contribution in [3.05, 3.63) is 6.92 Å². The van der Waals surface area contributed by atoms with Crippen molar-refractivity contribution in [2.24, 2.45) is 11.8 Å². The summed E-state index contributed by atoms with van der Waals surface area (Å²) in [6.45, 7) is 11.0. The van der Waals surface area contributed by atoms with Gasteiger partial charge in [0.2, 0.25) is 0 Å². The largest absolute Gasteiger partial charge is 0.0654 e. The van der Waals surface area contributed by atoms with Crippen molar-refractivity contribution in [2.75, 3.05) is 0 Å². The van der Waals surface area contributed by atoms with E-state index in [1.54, 1.807) is 0 Å². The van der Waals surface area contributed by atoms with Crippen LogP contribution in [-0.2, 0) is 0 Å². The number of hydrogen-bond donors (Lipinski definition) is 0. The highest BCUT2D eigenvalue weighted by molar-refractivity contribution is 4.59. The van der Waals surface area contributed by atoms with Gasteiger partial charge in [-0.3, -0.25) is 0 Å². The van der Waals surface area contributed by atoms with Crippen LogP contribution in [0.2, 0.25) is 0 Å². The first-order valence-electron chi connectivity index (χ1n) is 7.49. The van der Waals surface area contributed by atoms with Gasteiger partial charge in [0, 0.05) is 0 Å². The first-order valence-corrected chi connectivity index (χ1v) is 7.49. The highest BCUT2D eigenvalue weighted by Gasteiger charge is 2.05. The van der Waals surface area contributed by atoms with Gasteiger partial charge in [-0.2, -0.15) is 0 Å². The quantitative estimate of drug-likeness (QED) is 0.377. The first-order chi connectivity index (χ1) is 7.70. The monoisotopic (exact) mass is 225 g/mol. The van der Waals surface area contributed by atoms with E-state index in [2.05, 4.69) is 27.7 Å². The van der Waals surface area contributed by atoms with E-state index in [1.165, 1.54) is 57.8 Å². The van der Waals surface area contributed by atoms with Gasteiger partial charge in [-0.1, -0.05) is 91.9 Å². The van der Waals surface area contributed by atoms with E-state index < -0.39 is 0 Å². The topological polar surface area (TPSA) is 0 Å². The van der Waals surface area contributed by atoms with E-state index in [-0.39, 0.29) is 0 Å². The Morgan fingerprint density at radius 3 is 1.88 bits per heavy atom. The van der Waals surface area contributed by atoms with Gasteiger partial charge < -0.3 is 0 Å². The zero-order valence-corrected chi connectivity index (χ0v) is 11.9. The Morgan fingerprint density at radius 1 is 0.750 bits per heavy atom. The second-order valence-electron chi connectivity index (χ2n) is 5.63. The molecule has 2 atom stereocenters. The smallest absolute Gasteiger partial charge is 0.0443 e. The van der Waals surface area contributed by atoms with Crippen LogP contribution in [0.3, 0.4) is 0 Å². The van der Waals surface area contributed by atoms with Crippen molar-refractivity contribution >= 4 is 0 Å². The summed E-state index contributed by atoms with van der Waals surface area (Å²) in [6.07, 6.45) is 13.8. The Balaban J connectivity index is 3.27. The van der Waals surface area contributed by atoms with Crippen LogP contribution >= 0.6 is 0 Å². The Kier molecular flexibility index (Phi) is 11.5. The molecule has 0 saturated heterocycles. The minimum atomic E-state index is 0.943. The van der Waals surface area contributed by atoms with Gasteiger partial charge in [0.1, 0.15) is 0 Å². The Morgan fingerprint density at radius 2 is 1.31 bits per heavy atom. The van der Waals surface area contributed by atoms with Crippen molar-refractivity contribution < 1.29 is 0 Å². The molecule has 0 aliphatic carbocycles. The second kappa shape index (κ2) is 11.5. The molecule has 1 radical (unpaired) electrons. The van der Waals surface area contributed by atoms with Crippen LogP contribution in [-0.4, -0.2) is 0 Å². The number of unbranched alkanes of at least 4 members (excludes halogenated alkanes) is 4. The van der Waals surface area contributed by atoms with E-state index in [4.69, 9.17) is 0 Å². The normalized spacial score (nSPS) is 15.0. The molecule has 0 rings (SSSR count). The summed E-state index contributed by atoms with van der Waals surface area (Å²) < 4.78 is 0. The average Bonchev–Trinajstić information content (AvgIpc) is 2.26. The first kappa shape index (κ1) is 16.0. The van der Waals surface area contributed by atoms with Gasteiger partial charge in [-0.05, 0) is 11.8 Å². The third-order valence-electron chi connectivity index (χ3n) is 3.63. The van der Waals surface area contributed by atoms with Crippen LogP contribution < -0.4 is 0 Å². The molecule has 0 aromatic rings. The molecule has 0 saturated carbocycles. The average molecular weight is 225 g/mol. The van der Waals surface area contributed by atoms with E-state index in [0.717, 1.165) is 18.3 Å². The molecule has 0 aromatic carbocycles. The van der Waals surface area contributed by atoms with Crippen molar-refractivity contribution in [2.45, 2.75) is 85.0 Å². The maximum absolute atomic E-state index is 3.88. The molecule has 16 heavy (non-hydrogen) atoms. The van der Waals surface area contributed by atoms with E-state index in [0.29, 0.717) is 0 Å². The molecule has 0 heteroatoms. The lowest BCUT2D eigenvalue weighted by molar-refractivity contribution is 0.385. The van der Waals surface area contributed by atoms with Crippen molar-refractivity contribution in [3.63, 3.8) is 0 Å². The molecular formula is C16H33. The summed E-state index contributed by atoms with van der Waals surface area (Å²) in [5.74, 6) is 1.89. The highest BCUT2D eigenvalue weighted by atomic mass is 14.1. The summed E-state index contributed by atoms with van der Waals surface area (Å²) in [6, 6.07) is 0. The Hall–Kier alpha value is 0. The van der Waals surface area contributed by atoms with Gasteiger partial charge in [0.25, 0.3) is 0 Å². The fraction of sp³-hybridized carbons (Fsp3) is 0.938. The van der Waals surface area contributed by atoms with Gasteiger partial charge in [0.15, 0.2) is 0 Å². The molecule has 0 spiro atoms. The molecule has 0 bridgehead atoms. The van der Waals surface area contributed by atoms with Crippen LogP contribution in [0.4, 0.5) is 0 Å². The summed E-state index contributed by atoms with van der Waals surface area (Å²) in [5, 5.41) is 0. The van der Waals surface area contributed by atoms with Crippen LogP contribution in [0.1, 0.15) is 85.0 Å². The fourth-order valence-electron chi connectivity index (χ4n) is 2.37. The van der Waals surface area contributed by atoms with Gasteiger partial charge in [-0.25, -0.2) is 0 Å². The fourth-order valence-corrected chi connectivity index (χ4v) is 2.37. The summed E-state index contributed by atoms with van der Waals surface area (Å²) >= 11 is 0. The second-order valence-corrected chi connectivity index (χ2v) is 5.63. The molecule has 97 valence electrons. The van der Waals surface area contributed by atoms with Crippen LogP contribution in [0, 0.1) is 18.8 Å². The zero-order chi connectivity index (χ0) is 12.2. The maximum Gasteiger partial charge on any atom is -0.0443 e. The Labute approximate surface area is 104 Å². The maximum atomic E-state index is 3.88. The minimum Gasteiger partial charge on any atom is -0.0654 e. The minimum absolute atomic E-state index is 0.943. The predicted molar refractivity (Wildman–Crippen MR) is 75.5 cm³/mol. The number of rotatable bonds is 11. The van der Waals surface area contributed by atoms with Gasteiger partial charge in [0.05, 0.1) is 0 Å². The number of hydrogen-bond acceptors (Lipinski definition) is 0. The molecule has 0 nitrogen and oxygen atoms in total. The summed E-state index contributed by atoms with van der Waals surface area (Å²) in [5.41, 5.74) is 0. The molecule has 0 N–H and O–H groups in total. The van der Waals surface area contributed by atoms with Crippen molar-refractivity contribution in [3.8, 4) is 0 Å². The molecule has 0 amide bonds. The van der Waals surface area contributed by atoms with Crippen molar-refractivity contribution in [1.29, 1.82) is 0 Å². The van der Waals surface area contributed by atoms with Crippen LogP contribution in [0.5, 0.6) is 0 Å². The summed E-state index contributed by atoms with van der Waals surface area (Å²) in [4.78, 5) is 0. The lowest BCUT2D eigenvalue weighted by Crippen LogP contribution is -2.00. The third-order valence-corrected chi connectivity index (χ3v) is 3.63. The molecular weight excluding hydrogens is 192 g/mol. The van der Waals surface area contributed by atoms with Crippen molar-refractivity contribution in [1.82, 2.24) is 0 Å². The third kappa shape index (κ3) is 10.5. The van der Waals surface area contributed by atoms with Gasteiger partial charge in [-0.15, -0.1) is 0 Å². The highest BCUT2D eigenvalue weighted by Crippen LogP contribution is 2.20. The van der Waals surface area contributed by atoms with Crippen LogP contribution in [0.15, 0.2) is 0 Å². The summed E-state index contributed by atoms with van der Waals surface area (Å²) in [7, 11) is 0. The molecule has 0 aliphatic heterocycles. The van der Waals surface area contributed by atoms with E-state index in [9.17, 15) is 0 Å². The molecule has 0 fully saturated rings. The van der Waals surface area contributed by atoms with Crippen LogP contribution in [0.25, 0.3) is 0 Å². The molecule has 0 aliphatic rings. The van der Waals surface area contributed by atoms with E-state index in [1.807, 2.05) is 0 Å².